The van der Waals surface area contributed by atoms with Crippen LogP contribution in [0.15, 0.2) is 40.9 Å². The van der Waals surface area contributed by atoms with Gasteiger partial charge < -0.3 is 15.4 Å². The highest BCUT2D eigenvalue weighted by atomic mass is 79.9. The Balaban J connectivity index is 1.81. The third-order valence-corrected chi connectivity index (χ3v) is 5.05. The van der Waals surface area contributed by atoms with E-state index in [-0.39, 0.29) is 22.7 Å². The summed E-state index contributed by atoms with van der Waals surface area (Å²) in [6, 6.07) is 8.31. The number of carbonyl (C=O) groups excluding carboxylic acids is 1. The van der Waals surface area contributed by atoms with Gasteiger partial charge in [0.1, 0.15) is 5.75 Å². The number of hydrogen-bond acceptors (Lipinski definition) is 2. The number of nitrogens with one attached hydrogen (secondary N) is 2. The molecule has 2 amide bonds. The van der Waals surface area contributed by atoms with Crippen LogP contribution in [-0.2, 0) is 11.6 Å². The maximum absolute atomic E-state index is 13.1. The van der Waals surface area contributed by atoms with Crippen LogP contribution in [0, 0.1) is 0 Å². The maximum Gasteiger partial charge on any atom is 0.418 e. The highest BCUT2D eigenvalue weighted by Crippen LogP contribution is 2.36. The highest BCUT2D eigenvalue weighted by Gasteiger charge is 2.34. The molecule has 0 aromatic heterocycles. The van der Waals surface area contributed by atoms with Crippen LogP contribution in [0.3, 0.4) is 0 Å². The molecular weight excluding hydrogens is 485 g/mol. The van der Waals surface area contributed by atoms with Crippen molar-refractivity contribution in [1.29, 1.82) is 0 Å². The molecule has 2 rings (SSSR count). The van der Waals surface area contributed by atoms with Crippen LogP contribution in [0.25, 0.3) is 0 Å². The number of ether oxygens (including phenoxy) is 1. The van der Waals surface area contributed by atoms with Crippen molar-refractivity contribution in [1.82, 2.24) is 5.32 Å². The lowest BCUT2D eigenvalue weighted by molar-refractivity contribution is -0.136. The first kappa shape index (κ1) is 24.3. The van der Waals surface area contributed by atoms with Gasteiger partial charge in [-0.1, -0.05) is 38.4 Å². The van der Waals surface area contributed by atoms with Gasteiger partial charge in [-0.2, -0.15) is 13.2 Å². The summed E-state index contributed by atoms with van der Waals surface area (Å²) in [6.45, 7) is 6.93. The van der Waals surface area contributed by atoms with Crippen molar-refractivity contribution < 1.29 is 22.7 Å². The fourth-order valence-electron chi connectivity index (χ4n) is 2.57. The fourth-order valence-corrected chi connectivity index (χ4v) is 3.23. The lowest BCUT2D eigenvalue weighted by Crippen LogP contribution is -2.31. The maximum atomic E-state index is 13.1. The van der Waals surface area contributed by atoms with E-state index in [9.17, 15) is 18.0 Å². The van der Waals surface area contributed by atoms with E-state index in [2.05, 4.69) is 47.3 Å². The van der Waals surface area contributed by atoms with Crippen LogP contribution in [0.2, 0.25) is 5.02 Å². The van der Waals surface area contributed by atoms with E-state index in [0.29, 0.717) is 18.8 Å². The van der Waals surface area contributed by atoms with E-state index >= 15 is 0 Å². The number of benzene rings is 2. The monoisotopic (exact) mass is 506 g/mol. The molecule has 4 nitrogen and oxygen atoms in total. The Bertz CT molecular complexity index is 899. The zero-order valence-electron chi connectivity index (χ0n) is 16.8. The zero-order chi connectivity index (χ0) is 22.5. The topological polar surface area (TPSA) is 50.4 Å². The summed E-state index contributed by atoms with van der Waals surface area (Å²) in [6.07, 6.45) is -4.15. The Labute approximate surface area is 187 Å². The van der Waals surface area contributed by atoms with Gasteiger partial charge in [-0.25, -0.2) is 4.79 Å². The van der Waals surface area contributed by atoms with Gasteiger partial charge in [0.2, 0.25) is 0 Å². The lowest BCUT2D eigenvalue weighted by Gasteiger charge is -2.20. The Kier molecular flexibility index (Phi) is 8.05. The van der Waals surface area contributed by atoms with Crippen molar-refractivity contribution >= 4 is 39.2 Å². The van der Waals surface area contributed by atoms with E-state index < -0.39 is 17.8 Å². The number of halogens is 5. The van der Waals surface area contributed by atoms with Crippen molar-refractivity contribution in [2.24, 2.45) is 0 Å². The second-order valence-electron chi connectivity index (χ2n) is 7.67. The van der Waals surface area contributed by atoms with Crippen molar-refractivity contribution in [3.8, 4) is 5.75 Å². The fraction of sp³-hybridized carbons (Fsp3) is 0.381. The summed E-state index contributed by atoms with van der Waals surface area (Å²) in [5.41, 5.74) is -0.171. The van der Waals surface area contributed by atoms with Crippen molar-refractivity contribution in [2.75, 3.05) is 18.5 Å². The number of hydrogen-bond donors (Lipinski definition) is 2. The second kappa shape index (κ2) is 9.92. The van der Waals surface area contributed by atoms with Crippen LogP contribution in [0.1, 0.15) is 38.3 Å². The van der Waals surface area contributed by atoms with E-state index in [0.717, 1.165) is 16.6 Å². The Morgan fingerprint density at radius 3 is 2.43 bits per heavy atom. The van der Waals surface area contributed by atoms with Gasteiger partial charge in [-0.05, 0) is 63.7 Å². The summed E-state index contributed by atoms with van der Waals surface area (Å²) >= 11 is 9.12. The third-order valence-electron chi connectivity index (χ3n) is 4.20. The number of carbonyl (C=O) groups is 1. The minimum Gasteiger partial charge on any atom is -0.492 e. The molecule has 2 aromatic carbocycles. The first-order valence-electron chi connectivity index (χ1n) is 9.22. The van der Waals surface area contributed by atoms with Crippen molar-refractivity contribution in [3.05, 3.63) is 57.0 Å². The molecule has 0 aliphatic heterocycles. The molecule has 2 aromatic rings. The molecule has 0 atom stereocenters. The molecule has 0 unspecified atom stereocenters. The van der Waals surface area contributed by atoms with Crippen LogP contribution in [0.5, 0.6) is 5.75 Å². The summed E-state index contributed by atoms with van der Waals surface area (Å²) in [5.74, 6) is 0.684. The van der Waals surface area contributed by atoms with Crippen molar-refractivity contribution in [3.63, 3.8) is 0 Å². The predicted octanol–water partition coefficient (Wildman–Crippen LogP) is 7.01. The first-order valence-corrected chi connectivity index (χ1v) is 10.4. The molecule has 9 heteroatoms. The van der Waals surface area contributed by atoms with Crippen LogP contribution >= 0.6 is 27.5 Å². The first-order chi connectivity index (χ1) is 13.9. The van der Waals surface area contributed by atoms with Crippen molar-refractivity contribution in [2.45, 2.75) is 38.8 Å². The van der Waals surface area contributed by atoms with Gasteiger partial charge in [-0.3, -0.25) is 0 Å². The smallest absolute Gasteiger partial charge is 0.418 e. The number of urea groups is 1. The summed E-state index contributed by atoms with van der Waals surface area (Å²) in [4.78, 5) is 11.9. The molecule has 0 spiro atoms. The van der Waals surface area contributed by atoms with Crippen LogP contribution in [0.4, 0.5) is 23.7 Å². The minimum absolute atomic E-state index is 0.0222. The molecule has 30 heavy (non-hydrogen) atoms. The zero-order valence-corrected chi connectivity index (χ0v) is 19.1. The van der Waals surface area contributed by atoms with E-state index in [1.54, 1.807) is 0 Å². The minimum atomic E-state index is -4.63. The molecule has 2 N–H and O–H groups in total. The van der Waals surface area contributed by atoms with E-state index in [1.807, 2.05) is 18.2 Å². The second-order valence-corrected chi connectivity index (χ2v) is 8.96. The number of amides is 2. The van der Waals surface area contributed by atoms with E-state index in [4.69, 9.17) is 16.3 Å². The molecule has 0 heterocycles. The number of rotatable bonds is 6. The standard InChI is InChI=1S/C21H23BrClF3N2O2/c1-20(2,3)13-5-8-18(16(22)11-13)30-10-4-9-27-19(29)28-17-7-6-14(23)12-15(17)21(24,25)26/h5-8,11-12H,4,9-10H2,1-3H3,(H2,27,28,29). The molecule has 0 radical (unpaired) electrons. The Morgan fingerprint density at radius 2 is 1.83 bits per heavy atom. The highest BCUT2D eigenvalue weighted by molar-refractivity contribution is 9.10. The van der Waals surface area contributed by atoms with Gasteiger partial charge in [-0.15, -0.1) is 0 Å². The number of anilines is 1. The van der Waals surface area contributed by atoms with Gasteiger partial charge in [0.25, 0.3) is 0 Å². The summed E-state index contributed by atoms with van der Waals surface area (Å²) in [7, 11) is 0. The SMILES string of the molecule is CC(C)(C)c1ccc(OCCCNC(=O)Nc2ccc(Cl)cc2C(F)(F)F)c(Br)c1. The average Bonchev–Trinajstić information content (AvgIpc) is 2.62. The molecule has 164 valence electrons. The largest absolute Gasteiger partial charge is 0.492 e. The van der Waals surface area contributed by atoms with Gasteiger partial charge in [0.05, 0.1) is 22.3 Å². The molecule has 0 bridgehead atoms. The van der Waals surface area contributed by atoms with Crippen LogP contribution < -0.4 is 15.4 Å². The normalized spacial score (nSPS) is 11.9. The molecule has 0 saturated carbocycles. The summed E-state index contributed by atoms with van der Waals surface area (Å²) < 4.78 is 45.7. The molecule has 0 fully saturated rings. The molecule has 0 aliphatic carbocycles. The molecule has 0 aliphatic rings. The molecule has 0 saturated heterocycles. The molecular formula is C21H23BrClF3N2O2. The Morgan fingerprint density at radius 1 is 1.13 bits per heavy atom. The van der Waals surface area contributed by atoms with Crippen LogP contribution in [-0.4, -0.2) is 19.2 Å². The van der Waals surface area contributed by atoms with Gasteiger partial charge >= 0.3 is 12.2 Å². The Hall–Kier alpha value is -1.93. The summed E-state index contributed by atoms with van der Waals surface area (Å²) in [5, 5.41) is 4.65. The van der Waals surface area contributed by atoms with Gasteiger partial charge in [0, 0.05) is 11.6 Å². The van der Waals surface area contributed by atoms with Gasteiger partial charge in [0.15, 0.2) is 0 Å². The predicted molar refractivity (Wildman–Crippen MR) is 116 cm³/mol. The third kappa shape index (κ3) is 7.09. The number of alkyl halides is 3. The lowest BCUT2D eigenvalue weighted by atomic mass is 9.87. The van der Waals surface area contributed by atoms with E-state index in [1.165, 1.54) is 11.6 Å². The average molecular weight is 508 g/mol. The quantitative estimate of drug-likeness (QED) is 0.413.